The second-order valence-electron chi connectivity index (χ2n) is 15.1. The Kier molecular flexibility index (Phi) is 16.5. The van der Waals surface area contributed by atoms with Gasteiger partial charge in [-0.2, -0.15) is 0 Å². The van der Waals surface area contributed by atoms with Crippen molar-refractivity contribution in [2.75, 3.05) is 13.1 Å². The van der Waals surface area contributed by atoms with Gasteiger partial charge in [-0.05, 0) is 73.1 Å². The molecule has 0 spiro atoms. The van der Waals surface area contributed by atoms with Crippen LogP contribution in [-0.4, -0.2) is 66.5 Å². The van der Waals surface area contributed by atoms with Crippen LogP contribution in [0.3, 0.4) is 0 Å². The fourth-order valence-electron chi connectivity index (χ4n) is 5.67. The van der Waals surface area contributed by atoms with Crippen LogP contribution >= 0.6 is 0 Å². The molecule has 0 saturated carbocycles. The van der Waals surface area contributed by atoms with Gasteiger partial charge >= 0.3 is 18.0 Å². The summed E-state index contributed by atoms with van der Waals surface area (Å²) in [6.45, 7) is 7.85. The highest BCUT2D eigenvalue weighted by Crippen LogP contribution is 2.20. The van der Waals surface area contributed by atoms with Crippen LogP contribution < -0.4 is 21.3 Å². The van der Waals surface area contributed by atoms with Gasteiger partial charge in [0.2, 0.25) is 17.7 Å². The molecule has 0 saturated heterocycles. The molecule has 0 aliphatic rings. The highest BCUT2D eigenvalue weighted by Gasteiger charge is 2.29. The van der Waals surface area contributed by atoms with Crippen molar-refractivity contribution in [3.63, 3.8) is 0 Å². The van der Waals surface area contributed by atoms with E-state index in [0.29, 0.717) is 5.56 Å². The maximum atomic E-state index is 13.7. The highest BCUT2D eigenvalue weighted by atomic mass is 16.6. The van der Waals surface area contributed by atoms with Crippen LogP contribution in [-0.2, 0) is 53.0 Å². The van der Waals surface area contributed by atoms with Crippen LogP contribution in [0.4, 0.5) is 4.79 Å². The maximum absolute atomic E-state index is 13.7. The second-order valence-corrected chi connectivity index (χ2v) is 15.1. The largest absolute Gasteiger partial charge is 0.459 e. The molecule has 13 nitrogen and oxygen atoms in total. The molecule has 306 valence electrons. The molecule has 0 aliphatic heterocycles. The smallest absolute Gasteiger partial charge is 0.408 e. The summed E-state index contributed by atoms with van der Waals surface area (Å²) in [6, 6.07) is 31.1. The fraction of sp³-hybridized carbons (Fsp3) is 0.333. The van der Waals surface area contributed by atoms with Crippen LogP contribution in [0.15, 0.2) is 109 Å². The molecule has 0 aliphatic carbocycles. The number of alkyl carbamates (subject to hydrolysis) is 1. The molecule has 4 aromatic rings. The first-order valence-electron chi connectivity index (χ1n) is 19.1. The lowest BCUT2D eigenvalue weighted by atomic mass is 10.0. The van der Waals surface area contributed by atoms with E-state index in [4.69, 9.17) is 14.2 Å². The molecule has 58 heavy (non-hydrogen) atoms. The van der Waals surface area contributed by atoms with Crippen molar-refractivity contribution in [1.29, 1.82) is 0 Å². The van der Waals surface area contributed by atoms with Gasteiger partial charge in [-0.1, -0.05) is 111 Å². The molecule has 4 N–H and O–H groups in total. The van der Waals surface area contributed by atoms with E-state index in [1.807, 2.05) is 74.5 Å². The molecule has 0 fully saturated rings. The Bertz CT molecular complexity index is 2000. The van der Waals surface area contributed by atoms with Crippen LogP contribution in [0.1, 0.15) is 68.1 Å². The predicted octanol–water partition coefficient (Wildman–Crippen LogP) is 5.65. The predicted molar refractivity (Wildman–Crippen MR) is 218 cm³/mol. The summed E-state index contributed by atoms with van der Waals surface area (Å²) in [5.74, 6) is -3.17. The number of amides is 4. The summed E-state index contributed by atoms with van der Waals surface area (Å²) >= 11 is 0. The topological polar surface area (TPSA) is 178 Å². The van der Waals surface area contributed by atoms with Gasteiger partial charge in [-0.15, -0.1) is 0 Å². The number of carbonyl (C=O) groups excluding carboxylic acids is 6. The van der Waals surface area contributed by atoms with Crippen LogP contribution in [0.2, 0.25) is 0 Å². The molecular weight excluding hydrogens is 741 g/mol. The molecule has 13 heteroatoms. The quantitative estimate of drug-likeness (QED) is 0.0732. The molecule has 0 aromatic heterocycles. The number of benzene rings is 4. The van der Waals surface area contributed by atoms with E-state index in [1.165, 1.54) is 0 Å². The van der Waals surface area contributed by atoms with Crippen molar-refractivity contribution >= 4 is 35.8 Å². The van der Waals surface area contributed by atoms with Gasteiger partial charge in [0.15, 0.2) is 0 Å². The van der Waals surface area contributed by atoms with Gasteiger partial charge in [-0.25, -0.2) is 14.4 Å². The first-order valence-corrected chi connectivity index (χ1v) is 19.1. The first-order chi connectivity index (χ1) is 27.6. The minimum atomic E-state index is -1.11. The van der Waals surface area contributed by atoms with Crippen molar-refractivity contribution in [2.24, 2.45) is 5.92 Å². The van der Waals surface area contributed by atoms with E-state index >= 15 is 0 Å². The maximum Gasteiger partial charge on any atom is 0.408 e. The SMILES string of the molecule is CC(C)C[C@H](NC(=O)[C@H](Cc1ccccc1)NC(=O)CNC(=O)CNC(=O)OC(C)(C)C)C(=O)OCc1cccc(C(=O)OCc2ccc(-c3ccccc3)cc2)c1. The van der Waals surface area contributed by atoms with Gasteiger partial charge < -0.3 is 35.5 Å². The van der Waals surface area contributed by atoms with Gasteiger partial charge in [0.25, 0.3) is 0 Å². The summed E-state index contributed by atoms with van der Waals surface area (Å²) in [5.41, 5.74) is 3.80. The summed E-state index contributed by atoms with van der Waals surface area (Å²) in [4.78, 5) is 77.2. The molecule has 0 bridgehead atoms. The third-order valence-corrected chi connectivity index (χ3v) is 8.46. The zero-order valence-electron chi connectivity index (χ0n) is 33.5. The Hall–Kier alpha value is -6.50. The number of ether oxygens (including phenoxy) is 3. The van der Waals surface area contributed by atoms with Gasteiger partial charge in [0.05, 0.1) is 12.1 Å². The Balaban J connectivity index is 1.33. The zero-order valence-corrected chi connectivity index (χ0v) is 33.5. The van der Waals surface area contributed by atoms with Gasteiger partial charge in [-0.3, -0.25) is 14.4 Å². The number of esters is 2. The highest BCUT2D eigenvalue weighted by molar-refractivity contribution is 5.93. The van der Waals surface area contributed by atoms with Crippen molar-refractivity contribution in [3.05, 3.63) is 131 Å². The Morgan fingerprint density at radius 1 is 0.603 bits per heavy atom. The molecule has 4 amide bonds. The number of rotatable bonds is 18. The van der Waals surface area contributed by atoms with Gasteiger partial charge in [0.1, 0.15) is 37.4 Å². The third kappa shape index (κ3) is 15.6. The van der Waals surface area contributed by atoms with Crippen LogP contribution in [0.5, 0.6) is 0 Å². The molecule has 0 radical (unpaired) electrons. The summed E-state index contributed by atoms with van der Waals surface area (Å²) in [5, 5.41) is 10.1. The zero-order chi connectivity index (χ0) is 42.1. The van der Waals surface area contributed by atoms with Crippen molar-refractivity contribution < 1.29 is 43.0 Å². The standard InChI is InChI=1S/C45H52N4O9/c1-30(2)23-38(49-41(52)37(25-31-13-8-6-9-14-31)48-40(51)27-46-39(50)26-47-44(55)58-45(3,4)5)43(54)57-29-33-15-12-18-36(24-33)42(53)56-28-32-19-21-35(22-20-32)34-16-10-7-11-17-34/h6-22,24,30,37-38H,23,25-29H2,1-5H3,(H,46,50)(H,47,55)(H,48,51)(H,49,52)/t37-,38-/m0/s1. The van der Waals surface area contributed by atoms with Crippen LogP contribution in [0, 0.1) is 5.92 Å². The lowest BCUT2D eigenvalue weighted by molar-refractivity contribution is -0.149. The number of hydrogen-bond acceptors (Lipinski definition) is 9. The average molecular weight is 793 g/mol. The van der Waals surface area contributed by atoms with E-state index in [2.05, 4.69) is 21.3 Å². The summed E-state index contributed by atoms with van der Waals surface area (Å²) < 4.78 is 16.3. The lowest BCUT2D eigenvalue weighted by Crippen LogP contribution is -2.54. The van der Waals surface area contributed by atoms with Crippen LogP contribution in [0.25, 0.3) is 11.1 Å². The molecule has 4 rings (SSSR count). The fourth-order valence-corrected chi connectivity index (χ4v) is 5.67. The number of hydrogen-bond donors (Lipinski definition) is 4. The van der Waals surface area contributed by atoms with Crippen molar-refractivity contribution in [1.82, 2.24) is 21.3 Å². The Morgan fingerprint density at radius 3 is 1.86 bits per heavy atom. The van der Waals surface area contributed by atoms with E-state index in [0.717, 1.165) is 22.3 Å². The lowest BCUT2D eigenvalue weighted by Gasteiger charge is -2.24. The average Bonchev–Trinajstić information content (AvgIpc) is 3.20. The normalized spacial score (nSPS) is 12.0. The van der Waals surface area contributed by atoms with E-state index in [-0.39, 0.29) is 37.5 Å². The number of nitrogens with one attached hydrogen (secondary N) is 4. The minimum absolute atomic E-state index is 0.0165. The third-order valence-electron chi connectivity index (χ3n) is 8.46. The molecule has 4 aromatic carbocycles. The second kappa shape index (κ2) is 21.7. The minimum Gasteiger partial charge on any atom is -0.459 e. The summed E-state index contributed by atoms with van der Waals surface area (Å²) in [7, 11) is 0. The Morgan fingerprint density at radius 2 is 1.21 bits per heavy atom. The van der Waals surface area contributed by atoms with E-state index < -0.39 is 66.5 Å². The Labute approximate surface area is 339 Å². The van der Waals surface area contributed by atoms with Gasteiger partial charge in [0, 0.05) is 6.42 Å². The first kappa shape index (κ1) is 44.2. The summed E-state index contributed by atoms with van der Waals surface area (Å²) in [6.07, 6.45) is -0.444. The monoisotopic (exact) mass is 792 g/mol. The van der Waals surface area contributed by atoms with E-state index in [9.17, 15) is 28.8 Å². The van der Waals surface area contributed by atoms with E-state index in [1.54, 1.807) is 69.3 Å². The molecule has 2 atom stereocenters. The van der Waals surface area contributed by atoms with Crippen molar-refractivity contribution in [2.45, 2.75) is 78.4 Å². The molecular formula is C45H52N4O9. The number of carbonyl (C=O) groups is 6. The van der Waals surface area contributed by atoms with Crippen molar-refractivity contribution in [3.8, 4) is 11.1 Å². The molecule has 0 heterocycles. The molecule has 0 unspecified atom stereocenters.